The molecule has 0 spiro atoms. The van der Waals surface area contributed by atoms with Crippen LogP contribution >= 0.6 is 0 Å². The minimum Gasteiger partial charge on any atom is -0.508 e. The van der Waals surface area contributed by atoms with Gasteiger partial charge in [0.05, 0.1) is 12.4 Å². The minimum atomic E-state index is -0.146. The number of phenols is 3. The summed E-state index contributed by atoms with van der Waals surface area (Å²) in [6.07, 6.45) is 3.07. The summed E-state index contributed by atoms with van der Waals surface area (Å²) in [5.41, 5.74) is 0. The van der Waals surface area contributed by atoms with Crippen molar-refractivity contribution in [1.82, 2.24) is 15.1 Å². The third-order valence-corrected chi connectivity index (χ3v) is 1.33. The zero-order valence-corrected chi connectivity index (χ0v) is 7.65. The molecule has 0 amide bonds. The van der Waals surface area contributed by atoms with Crippen LogP contribution in [0.5, 0.6) is 17.2 Å². The van der Waals surface area contributed by atoms with Gasteiger partial charge in [-0.3, -0.25) is 0 Å². The van der Waals surface area contributed by atoms with Gasteiger partial charge < -0.3 is 21.2 Å². The van der Waals surface area contributed by atoms with E-state index < -0.39 is 0 Å². The Bertz CT molecular complexity index is 365. The Kier molecular flexibility index (Phi) is 3.33. The van der Waals surface area contributed by atoms with E-state index in [1.54, 1.807) is 6.20 Å². The van der Waals surface area contributed by atoms with Crippen molar-refractivity contribution in [3.8, 4) is 17.2 Å². The molecule has 80 valence electrons. The quantitative estimate of drug-likeness (QED) is 0.447. The lowest BCUT2D eigenvalue weighted by Crippen LogP contribution is -2.07. The van der Waals surface area contributed by atoms with Crippen LogP contribution < -0.4 is 5.84 Å². The largest absolute Gasteiger partial charge is 0.508 e. The van der Waals surface area contributed by atoms with Gasteiger partial charge in [0.1, 0.15) is 17.2 Å². The van der Waals surface area contributed by atoms with Crippen molar-refractivity contribution in [3.05, 3.63) is 30.6 Å². The first-order valence-corrected chi connectivity index (χ1v) is 3.91. The fourth-order valence-electron chi connectivity index (χ4n) is 0.797. The molecular weight excluding hydrogens is 200 g/mol. The lowest BCUT2D eigenvalue weighted by atomic mass is 10.3. The van der Waals surface area contributed by atoms with E-state index in [0.717, 1.165) is 23.0 Å². The molecule has 5 N–H and O–H groups in total. The molecule has 0 atom stereocenters. The average molecular weight is 210 g/mol. The van der Waals surface area contributed by atoms with Gasteiger partial charge in [0.15, 0.2) is 0 Å². The normalized spacial score (nSPS) is 9.07. The summed E-state index contributed by atoms with van der Waals surface area (Å²) in [5, 5.41) is 32.8. The smallest absolute Gasteiger partial charge is 0.122 e. The van der Waals surface area contributed by atoms with Crippen molar-refractivity contribution >= 4 is 0 Å². The van der Waals surface area contributed by atoms with Gasteiger partial charge in [-0.25, -0.2) is 0 Å². The van der Waals surface area contributed by atoms with Gasteiger partial charge in [0.2, 0.25) is 0 Å². The number of benzene rings is 1. The van der Waals surface area contributed by atoms with Crippen LogP contribution in [0.1, 0.15) is 0 Å². The summed E-state index contributed by atoms with van der Waals surface area (Å²) in [6, 6.07) is 3.42. The van der Waals surface area contributed by atoms with Gasteiger partial charge in [0, 0.05) is 18.2 Å². The number of nitrogen functional groups attached to an aromatic ring is 1. The number of nitrogens with two attached hydrogens (primary N) is 1. The number of aromatic nitrogens is 3. The van der Waals surface area contributed by atoms with E-state index in [-0.39, 0.29) is 17.2 Å². The molecule has 0 saturated heterocycles. The van der Waals surface area contributed by atoms with E-state index in [2.05, 4.69) is 10.3 Å². The van der Waals surface area contributed by atoms with Crippen LogP contribution in [0.2, 0.25) is 0 Å². The molecule has 0 fully saturated rings. The van der Waals surface area contributed by atoms with Gasteiger partial charge >= 0.3 is 0 Å². The number of nitrogens with zero attached hydrogens (tertiary/aromatic N) is 3. The van der Waals surface area contributed by atoms with E-state index in [0.29, 0.717) is 0 Å². The summed E-state index contributed by atoms with van der Waals surface area (Å²) < 4.78 is 0. The maximum Gasteiger partial charge on any atom is 0.122 e. The predicted octanol–water partition coefficient (Wildman–Crippen LogP) is -0.205. The van der Waals surface area contributed by atoms with E-state index in [9.17, 15) is 0 Å². The van der Waals surface area contributed by atoms with Crippen LogP contribution in [0, 0.1) is 0 Å². The molecule has 2 rings (SSSR count). The molecule has 0 aliphatic carbocycles. The Morgan fingerprint density at radius 2 is 1.47 bits per heavy atom. The zero-order valence-electron chi connectivity index (χ0n) is 7.65. The van der Waals surface area contributed by atoms with Crippen molar-refractivity contribution in [3.63, 3.8) is 0 Å². The van der Waals surface area contributed by atoms with Crippen molar-refractivity contribution < 1.29 is 15.3 Å². The highest BCUT2D eigenvalue weighted by atomic mass is 16.3. The van der Waals surface area contributed by atoms with E-state index in [1.165, 1.54) is 6.20 Å². The first-order valence-electron chi connectivity index (χ1n) is 3.91. The van der Waals surface area contributed by atoms with Gasteiger partial charge in [-0.15, -0.1) is 5.10 Å². The maximum absolute atomic E-state index is 8.67. The second kappa shape index (κ2) is 4.70. The number of phenolic OH excluding ortho intramolecular Hbond substituents is 3. The molecule has 0 aliphatic heterocycles. The molecule has 0 aliphatic rings. The minimum absolute atomic E-state index is 0.146. The van der Waals surface area contributed by atoms with Gasteiger partial charge in [-0.1, -0.05) is 0 Å². The molecule has 1 aromatic heterocycles. The van der Waals surface area contributed by atoms with Crippen molar-refractivity contribution in [2.45, 2.75) is 0 Å². The van der Waals surface area contributed by atoms with Crippen LogP contribution in [0.3, 0.4) is 0 Å². The first-order chi connectivity index (χ1) is 7.08. The van der Waals surface area contributed by atoms with E-state index in [1.807, 2.05) is 0 Å². The molecule has 0 unspecified atom stereocenters. The molecule has 2 aromatic rings. The average Bonchev–Trinajstić information content (AvgIpc) is 2.54. The Hall–Kier alpha value is -2.44. The highest BCUT2D eigenvalue weighted by Gasteiger charge is 1.94. The number of aromatic hydroxyl groups is 3. The Balaban J connectivity index is 0.000000162. The SMILES string of the molecule is Nn1ccnn1.Oc1cc(O)cc(O)c1. The predicted molar refractivity (Wildman–Crippen MR) is 51.6 cm³/mol. The van der Waals surface area contributed by atoms with Crippen molar-refractivity contribution in [2.75, 3.05) is 5.84 Å². The van der Waals surface area contributed by atoms with Crippen LogP contribution in [0.4, 0.5) is 0 Å². The lowest BCUT2D eigenvalue weighted by molar-refractivity contribution is 0.428. The van der Waals surface area contributed by atoms with Gasteiger partial charge in [0.25, 0.3) is 0 Å². The summed E-state index contributed by atoms with van der Waals surface area (Å²) in [5.74, 6) is 4.58. The highest BCUT2D eigenvalue weighted by molar-refractivity contribution is 5.39. The molecule has 0 bridgehead atoms. The van der Waals surface area contributed by atoms with Crippen molar-refractivity contribution in [2.24, 2.45) is 0 Å². The zero-order chi connectivity index (χ0) is 11.3. The van der Waals surface area contributed by atoms with Crippen molar-refractivity contribution in [1.29, 1.82) is 0 Å². The molecule has 1 heterocycles. The van der Waals surface area contributed by atoms with Crippen LogP contribution in [0.25, 0.3) is 0 Å². The Morgan fingerprint density at radius 3 is 1.67 bits per heavy atom. The molecule has 0 radical (unpaired) electrons. The molecule has 1 aromatic carbocycles. The standard InChI is InChI=1S/C6H6O3.C2H4N4/c7-4-1-5(8)3-6(9)2-4;3-6-2-1-4-5-6/h1-3,7-9H;1-2H,3H2. The Morgan fingerprint density at radius 1 is 1.00 bits per heavy atom. The van der Waals surface area contributed by atoms with Crippen LogP contribution in [-0.2, 0) is 0 Å². The molecule has 7 nitrogen and oxygen atoms in total. The molecular formula is C8H10N4O3. The molecule has 15 heavy (non-hydrogen) atoms. The van der Waals surface area contributed by atoms with Gasteiger partial charge in [-0.2, -0.15) is 4.79 Å². The first kappa shape index (κ1) is 10.6. The third-order valence-electron chi connectivity index (χ3n) is 1.33. The lowest BCUT2D eigenvalue weighted by Gasteiger charge is -1.94. The maximum atomic E-state index is 8.67. The molecule has 7 heteroatoms. The summed E-state index contributed by atoms with van der Waals surface area (Å²) in [7, 11) is 0. The number of hydrogen-bond donors (Lipinski definition) is 4. The molecule has 0 saturated carbocycles. The van der Waals surface area contributed by atoms with E-state index >= 15 is 0 Å². The van der Waals surface area contributed by atoms with Crippen LogP contribution in [0.15, 0.2) is 30.6 Å². The topological polar surface area (TPSA) is 117 Å². The van der Waals surface area contributed by atoms with E-state index in [4.69, 9.17) is 21.2 Å². The summed E-state index contributed by atoms with van der Waals surface area (Å²) in [6.45, 7) is 0. The summed E-state index contributed by atoms with van der Waals surface area (Å²) >= 11 is 0. The number of rotatable bonds is 0. The fourth-order valence-corrected chi connectivity index (χ4v) is 0.797. The third kappa shape index (κ3) is 3.85. The fraction of sp³-hybridized carbons (Fsp3) is 0. The monoisotopic (exact) mass is 210 g/mol. The Labute approximate surface area is 85.0 Å². The second-order valence-electron chi connectivity index (χ2n) is 2.59. The van der Waals surface area contributed by atoms with Gasteiger partial charge in [-0.05, 0) is 5.21 Å². The second-order valence-corrected chi connectivity index (χ2v) is 2.59. The van der Waals surface area contributed by atoms with Crippen LogP contribution in [-0.4, -0.2) is 30.4 Å². The summed E-state index contributed by atoms with van der Waals surface area (Å²) in [4.78, 5) is 1.14. The highest BCUT2D eigenvalue weighted by Crippen LogP contribution is 2.23. The number of hydrogen-bond acceptors (Lipinski definition) is 6.